The van der Waals surface area contributed by atoms with Crippen molar-refractivity contribution in [3.8, 4) is 0 Å². The van der Waals surface area contributed by atoms with Gasteiger partial charge in [-0.25, -0.2) is 4.98 Å². The first-order chi connectivity index (χ1) is 10.6. The van der Waals surface area contributed by atoms with Crippen LogP contribution in [0.5, 0.6) is 0 Å². The largest absolute Gasteiger partial charge is 0.371 e. The molecule has 5 nitrogen and oxygen atoms in total. The second-order valence-electron chi connectivity index (χ2n) is 6.18. The highest BCUT2D eigenvalue weighted by Crippen LogP contribution is 2.27. The molecule has 2 aromatic rings. The molecule has 1 aliphatic heterocycles. The van der Waals surface area contributed by atoms with E-state index in [1.165, 1.54) is 16.7 Å². The smallest absolute Gasteiger partial charge is 0.137 e. The molecule has 0 N–H and O–H groups in total. The van der Waals surface area contributed by atoms with Gasteiger partial charge >= 0.3 is 0 Å². The maximum Gasteiger partial charge on any atom is 0.137 e. The van der Waals surface area contributed by atoms with Crippen molar-refractivity contribution >= 4 is 0 Å². The van der Waals surface area contributed by atoms with Crippen molar-refractivity contribution in [1.82, 2.24) is 19.7 Å². The molecular weight excluding hydrogens is 276 g/mol. The summed E-state index contributed by atoms with van der Waals surface area (Å²) in [5, 5.41) is 4.18. The summed E-state index contributed by atoms with van der Waals surface area (Å²) >= 11 is 0. The molecule has 0 spiro atoms. The lowest BCUT2D eigenvalue weighted by Crippen LogP contribution is -2.46. The molecular formula is C17H24N4O. The number of rotatable bonds is 4. The van der Waals surface area contributed by atoms with Crippen molar-refractivity contribution in [3.63, 3.8) is 0 Å². The molecule has 5 heteroatoms. The summed E-state index contributed by atoms with van der Waals surface area (Å²) in [5.41, 5.74) is 3.91. The minimum atomic E-state index is 0.159. The van der Waals surface area contributed by atoms with E-state index < -0.39 is 0 Å². The number of hydrogen-bond donors (Lipinski definition) is 0. The highest BCUT2D eigenvalue weighted by molar-refractivity contribution is 5.32. The third-order valence-electron chi connectivity index (χ3n) is 4.43. The van der Waals surface area contributed by atoms with Crippen LogP contribution in [-0.2, 0) is 11.3 Å². The lowest BCUT2D eigenvalue weighted by Gasteiger charge is -2.38. The fourth-order valence-corrected chi connectivity index (χ4v) is 2.99. The first-order valence-electron chi connectivity index (χ1n) is 7.88. The lowest BCUT2D eigenvalue weighted by molar-refractivity contribution is -0.0613. The number of ether oxygens (including phenoxy) is 1. The van der Waals surface area contributed by atoms with Gasteiger partial charge in [-0.15, -0.1) is 0 Å². The molecule has 0 bridgehead atoms. The lowest BCUT2D eigenvalue weighted by atomic mass is 9.99. The predicted molar refractivity (Wildman–Crippen MR) is 85.7 cm³/mol. The van der Waals surface area contributed by atoms with E-state index in [1.54, 1.807) is 12.7 Å². The normalized spacial score (nSPS) is 22.9. The Labute approximate surface area is 131 Å². The molecule has 0 saturated carbocycles. The van der Waals surface area contributed by atoms with Gasteiger partial charge in [0.1, 0.15) is 12.7 Å². The zero-order valence-corrected chi connectivity index (χ0v) is 13.6. The molecule has 0 radical (unpaired) electrons. The SMILES string of the molecule is Cc1ccc(C)c(C2CN(CCn3cncn3)C(C)CO2)c1. The molecule has 1 saturated heterocycles. The topological polar surface area (TPSA) is 43.2 Å². The van der Waals surface area contributed by atoms with Crippen LogP contribution >= 0.6 is 0 Å². The minimum absolute atomic E-state index is 0.159. The average Bonchev–Trinajstić information content (AvgIpc) is 3.02. The highest BCUT2D eigenvalue weighted by atomic mass is 16.5. The Morgan fingerprint density at radius 1 is 1.27 bits per heavy atom. The molecule has 1 aromatic carbocycles. The van der Waals surface area contributed by atoms with Gasteiger partial charge < -0.3 is 4.74 Å². The van der Waals surface area contributed by atoms with Gasteiger partial charge in [0, 0.05) is 19.1 Å². The number of hydrogen-bond acceptors (Lipinski definition) is 4. The van der Waals surface area contributed by atoms with E-state index in [-0.39, 0.29) is 6.10 Å². The van der Waals surface area contributed by atoms with Crippen LogP contribution in [0.15, 0.2) is 30.9 Å². The van der Waals surface area contributed by atoms with Crippen LogP contribution in [0, 0.1) is 13.8 Å². The number of aryl methyl sites for hydroxylation is 2. The Kier molecular flexibility index (Phi) is 4.55. The molecule has 3 rings (SSSR count). The summed E-state index contributed by atoms with van der Waals surface area (Å²) in [6.07, 6.45) is 3.52. The molecule has 1 fully saturated rings. The summed E-state index contributed by atoms with van der Waals surface area (Å²) < 4.78 is 7.99. The first kappa shape index (κ1) is 15.2. The maximum atomic E-state index is 6.10. The summed E-state index contributed by atoms with van der Waals surface area (Å²) in [6.45, 7) is 10.1. The molecule has 118 valence electrons. The van der Waals surface area contributed by atoms with Crippen molar-refractivity contribution in [2.75, 3.05) is 19.7 Å². The van der Waals surface area contributed by atoms with Crippen LogP contribution in [-0.4, -0.2) is 45.4 Å². The quantitative estimate of drug-likeness (QED) is 0.869. The minimum Gasteiger partial charge on any atom is -0.371 e. The molecule has 2 unspecified atom stereocenters. The average molecular weight is 300 g/mol. The third-order valence-corrected chi connectivity index (χ3v) is 4.43. The molecule has 2 heterocycles. The summed E-state index contributed by atoms with van der Waals surface area (Å²) in [4.78, 5) is 6.48. The van der Waals surface area contributed by atoms with E-state index in [9.17, 15) is 0 Å². The van der Waals surface area contributed by atoms with Crippen molar-refractivity contribution in [3.05, 3.63) is 47.5 Å². The number of aromatic nitrogens is 3. The van der Waals surface area contributed by atoms with Crippen LogP contribution in [0.3, 0.4) is 0 Å². The highest BCUT2D eigenvalue weighted by Gasteiger charge is 2.27. The van der Waals surface area contributed by atoms with Crippen molar-refractivity contribution in [2.45, 2.75) is 39.5 Å². The van der Waals surface area contributed by atoms with Gasteiger partial charge in [0.25, 0.3) is 0 Å². The van der Waals surface area contributed by atoms with Gasteiger partial charge in [-0.1, -0.05) is 23.8 Å². The molecule has 0 amide bonds. The molecule has 0 aliphatic carbocycles. The number of morpholine rings is 1. The van der Waals surface area contributed by atoms with E-state index in [0.29, 0.717) is 6.04 Å². The zero-order chi connectivity index (χ0) is 15.5. The summed E-state index contributed by atoms with van der Waals surface area (Å²) in [5.74, 6) is 0. The number of nitrogens with zero attached hydrogens (tertiary/aromatic N) is 4. The Morgan fingerprint density at radius 3 is 2.91 bits per heavy atom. The standard InChI is InChI=1S/C17H24N4O/c1-13-4-5-14(2)16(8-13)17-9-20(15(3)10-22-17)6-7-21-12-18-11-19-21/h4-5,8,11-12,15,17H,6-7,9-10H2,1-3H3. The van der Waals surface area contributed by atoms with Crippen LogP contribution < -0.4 is 0 Å². The molecule has 1 aliphatic rings. The molecule has 2 atom stereocenters. The predicted octanol–water partition coefficient (Wildman–Crippen LogP) is 2.36. The third kappa shape index (κ3) is 3.36. The Hall–Kier alpha value is -1.72. The van der Waals surface area contributed by atoms with Crippen LogP contribution in [0.1, 0.15) is 29.7 Å². The van der Waals surface area contributed by atoms with Crippen molar-refractivity contribution in [1.29, 1.82) is 0 Å². The summed E-state index contributed by atoms with van der Waals surface area (Å²) in [6, 6.07) is 7.04. The Balaban J connectivity index is 1.68. The van der Waals surface area contributed by atoms with Gasteiger partial charge in [-0.05, 0) is 31.9 Å². The van der Waals surface area contributed by atoms with Gasteiger partial charge in [0.05, 0.1) is 19.3 Å². The van der Waals surface area contributed by atoms with Gasteiger partial charge in [-0.3, -0.25) is 9.58 Å². The fraction of sp³-hybridized carbons (Fsp3) is 0.529. The summed E-state index contributed by atoms with van der Waals surface area (Å²) in [7, 11) is 0. The second-order valence-corrected chi connectivity index (χ2v) is 6.18. The van der Waals surface area contributed by atoms with E-state index >= 15 is 0 Å². The zero-order valence-electron chi connectivity index (χ0n) is 13.6. The fourth-order valence-electron chi connectivity index (χ4n) is 2.99. The molecule has 22 heavy (non-hydrogen) atoms. The number of benzene rings is 1. The Morgan fingerprint density at radius 2 is 2.14 bits per heavy atom. The van der Waals surface area contributed by atoms with E-state index in [4.69, 9.17) is 4.74 Å². The van der Waals surface area contributed by atoms with E-state index in [2.05, 4.69) is 54.0 Å². The second kappa shape index (κ2) is 6.58. The van der Waals surface area contributed by atoms with Crippen LogP contribution in [0.4, 0.5) is 0 Å². The maximum absolute atomic E-state index is 6.10. The van der Waals surface area contributed by atoms with Gasteiger partial charge in [-0.2, -0.15) is 5.10 Å². The van der Waals surface area contributed by atoms with Crippen molar-refractivity contribution < 1.29 is 4.74 Å². The first-order valence-corrected chi connectivity index (χ1v) is 7.88. The van der Waals surface area contributed by atoms with E-state index in [1.807, 2.05) is 4.68 Å². The molecule has 1 aromatic heterocycles. The monoisotopic (exact) mass is 300 g/mol. The Bertz CT molecular complexity index is 611. The van der Waals surface area contributed by atoms with E-state index in [0.717, 1.165) is 26.2 Å². The van der Waals surface area contributed by atoms with Gasteiger partial charge in [0.2, 0.25) is 0 Å². The van der Waals surface area contributed by atoms with Crippen LogP contribution in [0.25, 0.3) is 0 Å². The van der Waals surface area contributed by atoms with Crippen molar-refractivity contribution in [2.24, 2.45) is 0 Å². The van der Waals surface area contributed by atoms with Gasteiger partial charge in [0.15, 0.2) is 0 Å². The van der Waals surface area contributed by atoms with Crippen LogP contribution in [0.2, 0.25) is 0 Å².